The molecule has 1 rings (SSSR count). The molecule has 0 saturated heterocycles. The highest BCUT2D eigenvalue weighted by Gasteiger charge is 1.90. The van der Waals surface area contributed by atoms with Crippen LogP contribution in [0.1, 0.15) is 19.4 Å². The summed E-state index contributed by atoms with van der Waals surface area (Å²) >= 11 is 0. The zero-order valence-electron chi connectivity index (χ0n) is 7.45. The van der Waals surface area contributed by atoms with Crippen molar-refractivity contribution in [3.05, 3.63) is 30.1 Å². The van der Waals surface area contributed by atoms with E-state index in [0.29, 0.717) is 0 Å². The van der Waals surface area contributed by atoms with Crippen molar-refractivity contribution in [3.63, 3.8) is 0 Å². The molecule has 0 aliphatic carbocycles. The number of carbonyl (C=O) groups is 1. The van der Waals surface area contributed by atoms with E-state index < -0.39 is 0 Å². The third kappa shape index (κ3) is 2.38. The van der Waals surface area contributed by atoms with Crippen molar-refractivity contribution in [2.24, 2.45) is 0 Å². The van der Waals surface area contributed by atoms with Gasteiger partial charge in [0, 0.05) is 18.9 Å². The minimum Gasteiger partial charge on any atom is -0.354 e. The third-order valence-electron chi connectivity index (χ3n) is 1.65. The Labute approximate surface area is 72.5 Å². The maximum atomic E-state index is 10.6. The highest BCUT2D eigenvalue weighted by Crippen LogP contribution is 2.03. The maximum Gasteiger partial charge on any atom is 0.152 e. The van der Waals surface area contributed by atoms with Gasteiger partial charge in [-0.3, -0.25) is 4.79 Å². The van der Waals surface area contributed by atoms with Gasteiger partial charge in [-0.05, 0) is 37.6 Å². The minimum absolute atomic E-state index is 0.0826. The summed E-state index contributed by atoms with van der Waals surface area (Å²) in [6, 6.07) is 1.99. The quantitative estimate of drug-likeness (QED) is 0.625. The van der Waals surface area contributed by atoms with E-state index in [9.17, 15) is 4.79 Å². The Bertz CT molecular complexity index is 297. The maximum absolute atomic E-state index is 10.6. The molecule has 0 aromatic carbocycles. The van der Waals surface area contributed by atoms with Gasteiger partial charge in [0.15, 0.2) is 5.78 Å². The summed E-state index contributed by atoms with van der Waals surface area (Å²) in [6.07, 6.45) is 7.42. The second-order valence-corrected chi connectivity index (χ2v) is 2.72. The lowest BCUT2D eigenvalue weighted by Crippen LogP contribution is -1.86. The molecule has 0 amide bonds. The summed E-state index contributed by atoms with van der Waals surface area (Å²) in [6.45, 7) is 4.60. The molecule has 1 aromatic heterocycles. The summed E-state index contributed by atoms with van der Waals surface area (Å²) in [4.78, 5) is 10.6. The number of hydrogen-bond donors (Lipinski definition) is 0. The number of aryl methyl sites for hydroxylation is 1. The molecular weight excluding hydrogens is 150 g/mol. The zero-order chi connectivity index (χ0) is 8.97. The SMILES string of the molecule is CCn1ccc(/C=C/C(C)=O)c1. The molecule has 0 bridgehead atoms. The third-order valence-corrected chi connectivity index (χ3v) is 1.65. The molecule has 0 spiro atoms. The molecule has 1 aromatic rings. The van der Waals surface area contributed by atoms with Crippen LogP contribution < -0.4 is 0 Å². The Morgan fingerprint density at radius 2 is 2.42 bits per heavy atom. The molecule has 0 unspecified atom stereocenters. The molecule has 1 heterocycles. The Hall–Kier alpha value is -1.31. The number of rotatable bonds is 3. The number of carbonyl (C=O) groups excluding carboxylic acids is 1. The van der Waals surface area contributed by atoms with Gasteiger partial charge in [-0.2, -0.15) is 0 Å². The van der Waals surface area contributed by atoms with Crippen LogP contribution in [0, 0.1) is 0 Å². The van der Waals surface area contributed by atoms with Crippen LogP contribution >= 0.6 is 0 Å². The van der Waals surface area contributed by atoms with Crippen molar-refractivity contribution in [3.8, 4) is 0 Å². The van der Waals surface area contributed by atoms with E-state index in [1.807, 2.05) is 24.5 Å². The van der Waals surface area contributed by atoms with Crippen molar-refractivity contribution in [2.75, 3.05) is 0 Å². The van der Waals surface area contributed by atoms with Crippen LogP contribution in [0.2, 0.25) is 0 Å². The van der Waals surface area contributed by atoms with Crippen LogP contribution in [-0.2, 0) is 11.3 Å². The molecule has 64 valence electrons. The largest absolute Gasteiger partial charge is 0.354 e. The van der Waals surface area contributed by atoms with Gasteiger partial charge >= 0.3 is 0 Å². The van der Waals surface area contributed by atoms with E-state index in [4.69, 9.17) is 0 Å². The molecule has 0 fully saturated rings. The monoisotopic (exact) mass is 163 g/mol. The van der Waals surface area contributed by atoms with E-state index in [0.717, 1.165) is 12.1 Å². The van der Waals surface area contributed by atoms with Crippen LogP contribution in [0.25, 0.3) is 6.08 Å². The van der Waals surface area contributed by atoms with Gasteiger partial charge in [-0.1, -0.05) is 0 Å². The fourth-order valence-corrected chi connectivity index (χ4v) is 0.968. The first kappa shape index (κ1) is 8.78. The van der Waals surface area contributed by atoms with Gasteiger partial charge in [0.1, 0.15) is 0 Å². The van der Waals surface area contributed by atoms with Crippen molar-refractivity contribution in [1.29, 1.82) is 0 Å². The molecular formula is C10H13NO. The van der Waals surface area contributed by atoms with Gasteiger partial charge in [0.05, 0.1) is 0 Å². The lowest BCUT2D eigenvalue weighted by molar-refractivity contribution is -0.112. The smallest absolute Gasteiger partial charge is 0.152 e. The summed E-state index contributed by atoms with van der Waals surface area (Å²) in [5, 5.41) is 0. The highest BCUT2D eigenvalue weighted by atomic mass is 16.1. The van der Waals surface area contributed by atoms with Crippen molar-refractivity contribution in [1.82, 2.24) is 4.57 Å². The molecule has 0 aliphatic heterocycles. The first-order chi connectivity index (χ1) is 5.72. The Morgan fingerprint density at radius 1 is 1.67 bits per heavy atom. The zero-order valence-corrected chi connectivity index (χ0v) is 7.45. The Kier molecular flexibility index (Phi) is 2.86. The van der Waals surface area contributed by atoms with E-state index in [-0.39, 0.29) is 5.78 Å². The Morgan fingerprint density at radius 3 is 2.92 bits per heavy atom. The fourth-order valence-electron chi connectivity index (χ4n) is 0.968. The van der Waals surface area contributed by atoms with Gasteiger partial charge in [-0.15, -0.1) is 0 Å². The van der Waals surface area contributed by atoms with Crippen LogP contribution in [0.15, 0.2) is 24.5 Å². The first-order valence-corrected chi connectivity index (χ1v) is 4.07. The van der Waals surface area contributed by atoms with E-state index >= 15 is 0 Å². The van der Waals surface area contributed by atoms with Gasteiger partial charge in [0.25, 0.3) is 0 Å². The van der Waals surface area contributed by atoms with Crippen LogP contribution in [0.4, 0.5) is 0 Å². The van der Waals surface area contributed by atoms with Gasteiger partial charge < -0.3 is 4.57 Å². The number of nitrogens with zero attached hydrogens (tertiary/aromatic N) is 1. The number of aromatic nitrogens is 1. The number of allylic oxidation sites excluding steroid dienone is 1. The van der Waals surface area contributed by atoms with Gasteiger partial charge in [0.2, 0.25) is 0 Å². The number of hydrogen-bond acceptors (Lipinski definition) is 1. The predicted octanol–water partition coefficient (Wildman–Crippen LogP) is 2.11. The van der Waals surface area contributed by atoms with Crippen LogP contribution in [0.5, 0.6) is 0 Å². The van der Waals surface area contributed by atoms with E-state index in [1.165, 1.54) is 0 Å². The average Bonchev–Trinajstić information content (AvgIpc) is 2.48. The summed E-state index contributed by atoms with van der Waals surface area (Å²) in [5.74, 6) is 0.0826. The van der Waals surface area contributed by atoms with Crippen LogP contribution in [-0.4, -0.2) is 10.4 Å². The molecule has 0 aliphatic rings. The molecule has 0 saturated carbocycles. The predicted molar refractivity (Wildman–Crippen MR) is 49.8 cm³/mol. The van der Waals surface area contributed by atoms with Crippen LogP contribution in [0.3, 0.4) is 0 Å². The van der Waals surface area contributed by atoms with Gasteiger partial charge in [-0.25, -0.2) is 0 Å². The Balaban J connectivity index is 2.70. The van der Waals surface area contributed by atoms with Crippen molar-refractivity contribution < 1.29 is 4.79 Å². The second-order valence-electron chi connectivity index (χ2n) is 2.72. The lowest BCUT2D eigenvalue weighted by atomic mass is 10.3. The standard InChI is InChI=1S/C10H13NO/c1-3-11-7-6-10(8-11)5-4-9(2)12/h4-8H,3H2,1-2H3/b5-4+. The molecule has 0 radical (unpaired) electrons. The second kappa shape index (κ2) is 3.90. The average molecular weight is 163 g/mol. The highest BCUT2D eigenvalue weighted by molar-refractivity contribution is 5.91. The van der Waals surface area contributed by atoms with Crippen molar-refractivity contribution in [2.45, 2.75) is 20.4 Å². The number of ketones is 1. The van der Waals surface area contributed by atoms with Crippen molar-refractivity contribution >= 4 is 11.9 Å². The topological polar surface area (TPSA) is 22.0 Å². The normalized spacial score (nSPS) is 10.8. The van der Waals surface area contributed by atoms with E-state index in [2.05, 4.69) is 11.5 Å². The van der Waals surface area contributed by atoms with E-state index in [1.54, 1.807) is 13.0 Å². The summed E-state index contributed by atoms with van der Waals surface area (Å²) in [5.41, 5.74) is 1.08. The molecule has 0 atom stereocenters. The lowest BCUT2D eigenvalue weighted by Gasteiger charge is -1.91. The first-order valence-electron chi connectivity index (χ1n) is 4.07. The fraction of sp³-hybridized carbons (Fsp3) is 0.300. The molecule has 2 nitrogen and oxygen atoms in total. The summed E-state index contributed by atoms with van der Waals surface area (Å²) in [7, 11) is 0. The molecule has 2 heteroatoms. The molecule has 0 N–H and O–H groups in total. The minimum atomic E-state index is 0.0826. The molecule has 12 heavy (non-hydrogen) atoms. The summed E-state index contributed by atoms with van der Waals surface area (Å²) < 4.78 is 2.07.